The molecule has 0 unspecified atom stereocenters. The van der Waals surface area contributed by atoms with E-state index in [2.05, 4.69) is 17.6 Å². The first-order chi connectivity index (χ1) is 9.15. The Morgan fingerprint density at radius 2 is 1.95 bits per heavy atom. The van der Waals surface area contributed by atoms with Gasteiger partial charge in [-0.25, -0.2) is 0 Å². The molecule has 0 bridgehead atoms. The third-order valence-corrected chi connectivity index (χ3v) is 5.98. The second kappa shape index (κ2) is 5.08. The summed E-state index contributed by atoms with van der Waals surface area (Å²) in [6.45, 7) is 5.18. The predicted molar refractivity (Wildman–Crippen MR) is 76.8 cm³/mol. The summed E-state index contributed by atoms with van der Waals surface area (Å²) in [5.41, 5.74) is 0.287. The Bertz CT molecular complexity index is 349. The molecule has 19 heavy (non-hydrogen) atoms. The Kier molecular flexibility index (Phi) is 3.59. The molecule has 3 aliphatic rings. The number of hydrogen-bond acceptors (Lipinski definition) is 2. The van der Waals surface area contributed by atoms with Crippen LogP contribution in [0.15, 0.2) is 0 Å². The molecular weight excluding hydrogens is 236 g/mol. The molecule has 1 amide bonds. The first kappa shape index (κ1) is 13.4. The van der Waals surface area contributed by atoms with E-state index in [1.54, 1.807) is 0 Å². The molecule has 1 aliphatic heterocycles. The quantitative estimate of drug-likeness (QED) is 0.822. The topological polar surface area (TPSA) is 41.1 Å². The molecule has 0 aromatic rings. The Balaban J connectivity index is 1.62. The Morgan fingerprint density at radius 1 is 1.21 bits per heavy atom. The van der Waals surface area contributed by atoms with E-state index in [0.717, 1.165) is 26.1 Å². The van der Waals surface area contributed by atoms with Crippen LogP contribution in [-0.2, 0) is 4.79 Å². The summed E-state index contributed by atoms with van der Waals surface area (Å²) < 4.78 is 0. The van der Waals surface area contributed by atoms with E-state index >= 15 is 0 Å². The highest BCUT2D eigenvalue weighted by Crippen LogP contribution is 2.44. The normalized spacial score (nSPS) is 37.0. The zero-order chi connectivity index (χ0) is 13.3. The lowest BCUT2D eigenvalue weighted by atomic mass is 9.67. The highest BCUT2D eigenvalue weighted by Gasteiger charge is 2.50. The Hall–Kier alpha value is -0.570. The summed E-state index contributed by atoms with van der Waals surface area (Å²) in [5.74, 6) is 0.924. The third kappa shape index (κ3) is 2.42. The van der Waals surface area contributed by atoms with E-state index in [4.69, 9.17) is 0 Å². The van der Waals surface area contributed by atoms with Crippen LogP contribution in [0.2, 0.25) is 0 Å². The predicted octanol–water partition coefficient (Wildman–Crippen LogP) is 2.46. The summed E-state index contributed by atoms with van der Waals surface area (Å²) in [4.78, 5) is 12.7. The molecule has 2 N–H and O–H groups in total. The molecular formula is C16H28N2O. The number of fused-ring (bicyclic) bond motifs is 1. The van der Waals surface area contributed by atoms with Gasteiger partial charge >= 0.3 is 0 Å². The van der Waals surface area contributed by atoms with Crippen molar-refractivity contribution < 1.29 is 4.79 Å². The average molecular weight is 264 g/mol. The van der Waals surface area contributed by atoms with Crippen molar-refractivity contribution in [3.05, 3.63) is 0 Å². The molecule has 3 nitrogen and oxygen atoms in total. The van der Waals surface area contributed by atoms with Gasteiger partial charge in [-0.05, 0) is 43.6 Å². The van der Waals surface area contributed by atoms with Gasteiger partial charge in [-0.15, -0.1) is 0 Å². The number of carbonyl (C=O) groups is 1. The summed E-state index contributed by atoms with van der Waals surface area (Å²) >= 11 is 0. The molecule has 2 saturated carbocycles. The first-order valence-corrected chi connectivity index (χ1v) is 8.14. The molecule has 1 heterocycles. The standard InChI is InChI=1S/C16H28N2O/c1-15(7-4-5-8-15)11-18-14(19)16-9-3-2-6-13(16)10-17-12-16/h13,17H,2-12H2,1H3,(H,18,19)/t13-,16+/m0/s1. The van der Waals surface area contributed by atoms with Crippen LogP contribution >= 0.6 is 0 Å². The smallest absolute Gasteiger partial charge is 0.227 e. The summed E-state index contributed by atoms with van der Waals surface area (Å²) in [6.07, 6.45) is 10.1. The van der Waals surface area contributed by atoms with Crippen molar-refractivity contribution in [3.8, 4) is 0 Å². The van der Waals surface area contributed by atoms with E-state index in [-0.39, 0.29) is 5.41 Å². The van der Waals surface area contributed by atoms with Crippen molar-refractivity contribution >= 4 is 5.91 Å². The highest BCUT2D eigenvalue weighted by atomic mass is 16.2. The van der Waals surface area contributed by atoms with Gasteiger partial charge in [0.25, 0.3) is 0 Å². The van der Waals surface area contributed by atoms with Crippen LogP contribution < -0.4 is 10.6 Å². The van der Waals surface area contributed by atoms with Crippen molar-refractivity contribution in [1.29, 1.82) is 0 Å². The van der Waals surface area contributed by atoms with E-state index < -0.39 is 0 Å². The number of nitrogens with one attached hydrogen (secondary N) is 2. The molecule has 3 fully saturated rings. The SMILES string of the molecule is CC1(CNC(=O)[C@@]23CCCC[C@H]2CNC3)CCCC1. The molecule has 2 aliphatic carbocycles. The van der Waals surface area contributed by atoms with Crippen LogP contribution in [0.4, 0.5) is 0 Å². The zero-order valence-electron chi connectivity index (χ0n) is 12.3. The monoisotopic (exact) mass is 264 g/mol. The molecule has 3 rings (SSSR count). The molecule has 0 aromatic heterocycles. The number of rotatable bonds is 3. The van der Waals surface area contributed by atoms with Gasteiger partial charge in [0.2, 0.25) is 5.91 Å². The Morgan fingerprint density at radius 3 is 2.74 bits per heavy atom. The maximum atomic E-state index is 12.7. The van der Waals surface area contributed by atoms with Gasteiger partial charge in [-0.1, -0.05) is 32.6 Å². The van der Waals surface area contributed by atoms with Crippen molar-refractivity contribution in [2.45, 2.75) is 58.3 Å². The van der Waals surface area contributed by atoms with Gasteiger partial charge in [0, 0.05) is 13.1 Å². The zero-order valence-corrected chi connectivity index (χ0v) is 12.3. The first-order valence-electron chi connectivity index (χ1n) is 8.14. The van der Waals surface area contributed by atoms with Gasteiger partial charge in [-0.2, -0.15) is 0 Å². The van der Waals surface area contributed by atoms with E-state index in [1.165, 1.54) is 44.9 Å². The van der Waals surface area contributed by atoms with Gasteiger partial charge in [0.15, 0.2) is 0 Å². The summed E-state index contributed by atoms with van der Waals surface area (Å²) in [7, 11) is 0. The van der Waals surface area contributed by atoms with Crippen molar-refractivity contribution in [3.63, 3.8) is 0 Å². The summed E-state index contributed by atoms with van der Waals surface area (Å²) in [5, 5.41) is 6.78. The fourth-order valence-corrected chi connectivity index (χ4v) is 4.57. The minimum absolute atomic E-state index is 0.0762. The molecule has 0 spiro atoms. The lowest BCUT2D eigenvalue weighted by Gasteiger charge is -2.38. The second-order valence-corrected chi connectivity index (χ2v) is 7.43. The fourth-order valence-electron chi connectivity index (χ4n) is 4.57. The maximum Gasteiger partial charge on any atom is 0.227 e. The average Bonchev–Trinajstić information content (AvgIpc) is 3.03. The van der Waals surface area contributed by atoms with Crippen LogP contribution in [0.5, 0.6) is 0 Å². The Labute approximate surface area is 116 Å². The summed E-state index contributed by atoms with van der Waals surface area (Å²) in [6, 6.07) is 0. The number of carbonyl (C=O) groups excluding carboxylic acids is 1. The van der Waals surface area contributed by atoms with Crippen LogP contribution in [0.25, 0.3) is 0 Å². The van der Waals surface area contributed by atoms with Crippen molar-refractivity contribution in [2.75, 3.05) is 19.6 Å². The van der Waals surface area contributed by atoms with Gasteiger partial charge in [-0.3, -0.25) is 4.79 Å². The largest absolute Gasteiger partial charge is 0.355 e. The molecule has 0 radical (unpaired) electrons. The van der Waals surface area contributed by atoms with Crippen LogP contribution in [0, 0.1) is 16.7 Å². The third-order valence-electron chi connectivity index (χ3n) is 5.98. The molecule has 0 aromatic carbocycles. The van der Waals surface area contributed by atoms with Gasteiger partial charge in [0.05, 0.1) is 5.41 Å². The van der Waals surface area contributed by atoms with Crippen molar-refractivity contribution in [2.24, 2.45) is 16.7 Å². The van der Waals surface area contributed by atoms with Crippen molar-refractivity contribution in [1.82, 2.24) is 10.6 Å². The highest BCUT2D eigenvalue weighted by molar-refractivity contribution is 5.84. The van der Waals surface area contributed by atoms with Crippen LogP contribution in [-0.4, -0.2) is 25.5 Å². The fraction of sp³-hybridized carbons (Fsp3) is 0.938. The van der Waals surface area contributed by atoms with Crippen LogP contribution in [0.3, 0.4) is 0 Å². The molecule has 108 valence electrons. The molecule has 3 heteroatoms. The number of amides is 1. The van der Waals surface area contributed by atoms with Gasteiger partial charge in [0.1, 0.15) is 0 Å². The van der Waals surface area contributed by atoms with Gasteiger partial charge < -0.3 is 10.6 Å². The van der Waals surface area contributed by atoms with E-state index in [9.17, 15) is 4.79 Å². The number of hydrogen-bond donors (Lipinski definition) is 2. The second-order valence-electron chi connectivity index (χ2n) is 7.43. The lowest BCUT2D eigenvalue weighted by molar-refractivity contribution is -0.134. The lowest BCUT2D eigenvalue weighted by Crippen LogP contribution is -2.49. The van der Waals surface area contributed by atoms with E-state index in [1.807, 2.05) is 0 Å². The molecule has 2 atom stereocenters. The molecule has 1 saturated heterocycles. The van der Waals surface area contributed by atoms with Crippen LogP contribution in [0.1, 0.15) is 58.3 Å². The van der Waals surface area contributed by atoms with E-state index in [0.29, 0.717) is 17.2 Å². The minimum Gasteiger partial charge on any atom is -0.355 e. The maximum absolute atomic E-state index is 12.7. The minimum atomic E-state index is -0.0762.